The molecule has 2 rings (SSSR count). The van der Waals surface area contributed by atoms with E-state index in [1.54, 1.807) is 18.2 Å². The molecule has 0 unspecified atom stereocenters. The van der Waals surface area contributed by atoms with E-state index in [9.17, 15) is 8.42 Å². The topological polar surface area (TPSA) is 102 Å². The van der Waals surface area contributed by atoms with Crippen molar-refractivity contribution >= 4 is 21.7 Å². The van der Waals surface area contributed by atoms with Crippen LogP contribution in [-0.4, -0.2) is 39.4 Å². The van der Waals surface area contributed by atoms with E-state index in [-0.39, 0.29) is 16.5 Å². The molecule has 0 bridgehead atoms. The summed E-state index contributed by atoms with van der Waals surface area (Å²) < 4.78 is 37.8. The van der Waals surface area contributed by atoms with E-state index >= 15 is 0 Å². The Bertz CT molecular complexity index is 823. The molecule has 8 nitrogen and oxygen atoms in total. The number of hydrogen-bond donors (Lipinski definition) is 2. The third kappa shape index (κ3) is 5.22. The highest BCUT2D eigenvalue weighted by molar-refractivity contribution is 7.92. The Morgan fingerprint density at radius 1 is 1.04 bits per heavy atom. The third-order valence-corrected chi connectivity index (χ3v) is 4.99. The minimum absolute atomic E-state index is 0.0123. The van der Waals surface area contributed by atoms with Crippen molar-refractivity contribution in [1.29, 1.82) is 0 Å². The second-order valence-electron chi connectivity index (χ2n) is 6.04. The van der Waals surface area contributed by atoms with Gasteiger partial charge in [0.15, 0.2) is 5.82 Å². The Balaban J connectivity index is 2.12. The molecule has 2 N–H and O–H groups in total. The minimum Gasteiger partial charge on any atom is -0.497 e. The zero-order chi connectivity index (χ0) is 19.2. The van der Waals surface area contributed by atoms with Crippen LogP contribution < -0.4 is 19.5 Å². The fourth-order valence-electron chi connectivity index (χ4n) is 2.16. The van der Waals surface area contributed by atoms with E-state index < -0.39 is 10.0 Å². The molecule has 0 saturated heterocycles. The van der Waals surface area contributed by atoms with Gasteiger partial charge in [0.1, 0.15) is 22.2 Å². The van der Waals surface area contributed by atoms with Gasteiger partial charge in [-0.25, -0.2) is 8.42 Å². The van der Waals surface area contributed by atoms with Gasteiger partial charge >= 0.3 is 0 Å². The molecule has 0 fully saturated rings. The molecule has 0 aliphatic heterocycles. The lowest BCUT2D eigenvalue weighted by atomic mass is 10.1. The fourth-order valence-corrected chi connectivity index (χ4v) is 3.31. The number of nitrogens with one attached hydrogen (secondary N) is 2. The van der Waals surface area contributed by atoms with Gasteiger partial charge in [-0.1, -0.05) is 13.8 Å². The molecule has 26 heavy (non-hydrogen) atoms. The van der Waals surface area contributed by atoms with Gasteiger partial charge < -0.3 is 14.8 Å². The smallest absolute Gasteiger partial charge is 0.266 e. The van der Waals surface area contributed by atoms with E-state index in [4.69, 9.17) is 9.47 Å². The summed E-state index contributed by atoms with van der Waals surface area (Å²) in [4.78, 5) is -0.0123. The van der Waals surface area contributed by atoms with E-state index in [1.165, 1.54) is 26.4 Å². The summed E-state index contributed by atoms with van der Waals surface area (Å²) in [5.74, 6) is 1.98. The first-order valence-corrected chi connectivity index (χ1v) is 9.66. The maximum absolute atomic E-state index is 12.6. The first kappa shape index (κ1) is 19.8. The molecule has 0 saturated carbocycles. The predicted octanol–water partition coefficient (Wildman–Crippen LogP) is 2.75. The Kier molecular flexibility index (Phi) is 6.62. The van der Waals surface area contributed by atoms with Crippen LogP contribution in [0.3, 0.4) is 0 Å². The van der Waals surface area contributed by atoms with Crippen molar-refractivity contribution in [2.75, 3.05) is 30.8 Å². The molecule has 1 aromatic heterocycles. The summed E-state index contributed by atoms with van der Waals surface area (Å²) >= 11 is 0. The molecule has 142 valence electrons. The minimum atomic E-state index is -3.88. The van der Waals surface area contributed by atoms with E-state index in [0.717, 1.165) is 13.0 Å². The zero-order valence-electron chi connectivity index (χ0n) is 15.3. The number of anilines is 2. The Morgan fingerprint density at radius 3 is 2.31 bits per heavy atom. The lowest BCUT2D eigenvalue weighted by Crippen LogP contribution is -2.16. The van der Waals surface area contributed by atoms with E-state index in [2.05, 4.69) is 34.1 Å². The highest BCUT2D eigenvalue weighted by atomic mass is 32.2. The standard InChI is InChI=1S/C17H24N4O4S/c1-12(2)9-10-18-16-7-8-17(20-19-16)21-26(22,23)15-6-5-13(24-3)11-14(15)25-4/h5-8,11-12H,9-10H2,1-4H3,(H,18,19)(H,20,21). The number of nitrogens with zero attached hydrogens (tertiary/aromatic N) is 2. The van der Waals surface area contributed by atoms with Crippen molar-refractivity contribution < 1.29 is 17.9 Å². The molecular weight excluding hydrogens is 356 g/mol. The monoisotopic (exact) mass is 380 g/mol. The lowest BCUT2D eigenvalue weighted by molar-refractivity contribution is 0.386. The zero-order valence-corrected chi connectivity index (χ0v) is 16.1. The predicted molar refractivity (Wildman–Crippen MR) is 100 cm³/mol. The largest absolute Gasteiger partial charge is 0.497 e. The number of rotatable bonds is 9. The van der Waals surface area contributed by atoms with Crippen molar-refractivity contribution in [2.45, 2.75) is 25.2 Å². The molecule has 0 spiro atoms. The Labute approximate surface area is 154 Å². The Hall–Kier alpha value is -2.55. The van der Waals surface area contributed by atoms with Crippen LogP contribution in [0.5, 0.6) is 11.5 Å². The average Bonchev–Trinajstić information content (AvgIpc) is 2.62. The normalized spacial score (nSPS) is 11.3. The molecule has 1 heterocycles. The molecule has 1 aromatic carbocycles. The van der Waals surface area contributed by atoms with Gasteiger partial charge in [0, 0.05) is 12.6 Å². The molecular formula is C17H24N4O4S. The molecule has 0 atom stereocenters. The van der Waals surface area contributed by atoms with Gasteiger partial charge in [0.05, 0.1) is 14.2 Å². The van der Waals surface area contributed by atoms with Gasteiger partial charge in [0.25, 0.3) is 10.0 Å². The molecule has 9 heteroatoms. The number of benzene rings is 1. The SMILES string of the molecule is COc1ccc(S(=O)(=O)Nc2ccc(NCCC(C)C)nn2)c(OC)c1. The van der Waals surface area contributed by atoms with Crippen LogP contribution in [0.1, 0.15) is 20.3 Å². The van der Waals surface area contributed by atoms with Crippen LogP contribution in [0.4, 0.5) is 11.6 Å². The van der Waals surface area contributed by atoms with Gasteiger partial charge in [-0.3, -0.25) is 4.72 Å². The van der Waals surface area contributed by atoms with Crippen LogP contribution in [0, 0.1) is 5.92 Å². The first-order valence-electron chi connectivity index (χ1n) is 8.18. The average molecular weight is 380 g/mol. The summed E-state index contributed by atoms with van der Waals surface area (Å²) in [5.41, 5.74) is 0. The maximum atomic E-state index is 12.6. The Morgan fingerprint density at radius 2 is 1.73 bits per heavy atom. The molecule has 0 amide bonds. The number of aromatic nitrogens is 2. The van der Waals surface area contributed by atoms with E-state index in [0.29, 0.717) is 17.5 Å². The van der Waals surface area contributed by atoms with Crippen LogP contribution in [0.2, 0.25) is 0 Å². The first-order chi connectivity index (χ1) is 12.4. The third-order valence-electron chi connectivity index (χ3n) is 3.59. The van der Waals surface area contributed by atoms with Crippen molar-refractivity contribution in [3.05, 3.63) is 30.3 Å². The van der Waals surface area contributed by atoms with Crippen molar-refractivity contribution in [1.82, 2.24) is 10.2 Å². The molecule has 0 aliphatic carbocycles. The van der Waals surface area contributed by atoms with Crippen LogP contribution >= 0.6 is 0 Å². The summed E-state index contributed by atoms with van der Waals surface area (Å²) in [6.07, 6.45) is 1.01. The number of ether oxygens (including phenoxy) is 2. The van der Waals surface area contributed by atoms with Gasteiger partial charge in [-0.2, -0.15) is 0 Å². The maximum Gasteiger partial charge on any atom is 0.266 e. The van der Waals surface area contributed by atoms with Crippen molar-refractivity contribution in [3.63, 3.8) is 0 Å². The van der Waals surface area contributed by atoms with Crippen molar-refractivity contribution in [2.24, 2.45) is 5.92 Å². The molecule has 2 aromatic rings. The summed E-state index contributed by atoms with van der Waals surface area (Å²) in [6.45, 7) is 5.05. The van der Waals surface area contributed by atoms with Crippen LogP contribution in [-0.2, 0) is 10.0 Å². The van der Waals surface area contributed by atoms with Crippen molar-refractivity contribution in [3.8, 4) is 11.5 Å². The lowest BCUT2D eigenvalue weighted by Gasteiger charge is -2.12. The summed E-state index contributed by atoms with van der Waals surface area (Å²) in [6, 6.07) is 7.69. The van der Waals surface area contributed by atoms with Gasteiger partial charge in [-0.15, -0.1) is 10.2 Å². The molecule has 0 radical (unpaired) electrons. The summed E-state index contributed by atoms with van der Waals surface area (Å²) in [5, 5.41) is 11.0. The van der Waals surface area contributed by atoms with Crippen LogP contribution in [0.15, 0.2) is 35.2 Å². The number of sulfonamides is 1. The quantitative estimate of drug-likeness (QED) is 0.689. The van der Waals surface area contributed by atoms with E-state index in [1.807, 2.05) is 0 Å². The van der Waals surface area contributed by atoms with Crippen LogP contribution in [0.25, 0.3) is 0 Å². The number of hydrogen-bond acceptors (Lipinski definition) is 7. The van der Waals surface area contributed by atoms with Gasteiger partial charge in [-0.05, 0) is 36.6 Å². The second kappa shape index (κ2) is 8.70. The molecule has 0 aliphatic rings. The highest BCUT2D eigenvalue weighted by Gasteiger charge is 2.21. The second-order valence-corrected chi connectivity index (χ2v) is 7.69. The number of methoxy groups -OCH3 is 2. The van der Waals surface area contributed by atoms with Gasteiger partial charge in [0.2, 0.25) is 0 Å². The summed E-state index contributed by atoms with van der Waals surface area (Å²) in [7, 11) is -0.988. The fraction of sp³-hybridized carbons (Fsp3) is 0.412. The highest BCUT2D eigenvalue weighted by Crippen LogP contribution is 2.29.